The van der Waals surface area contributed by atoms with Crippen LogP contribution < -0.4 is 4.90 Å². The Morgan fingerprint density at radius 2 is 2.35 bits per heavy atom. The van der Waals surface area contributed by atoms with Crippen LogP contribution in [0.1, 0.15) is 32.6 Å². The van der Waals surface area contributed by atoms with Crippen molar-refractivity contribution in [3.05, 3.63) is 18.6 Å². The topological polar surface area (TPSA) is 44.8 Å². The summed E-state index contributed by atoms with van der Waals surface area (Å²) in [7, 11) is 0. The molecular formula is C13H18N4. The van der Waals surface area contributed by atoms with E-state index < -0.39 is 0 Å². The van der Waals surface area contributed by atoms with Gasteiger partial charge in [-0.2, -0.15) is 0 Å². The van der Waals surface area contributed by atoms with Crippen LogP contribution in [0.2, 0.25) is 0 Å². The summed E-state index contributed by atoms with van der Waals surface area (Å²) in [6, 6.07) is 2.71. The first kappa shape index (κ1) is 10.6. The van der Waals surface area contributed by atoms with E-state index in [1.54, 1.807) is 6.33 Å². The van der Waals surface area contributed by atoms with Gasteiger partial charge in [-0.05, 0) is 31.7 Å². The molecule has 4 nitrogen and oxygen atoms in total. The third-order valence-electron chi connectivity index (χ3n) is 3.70. The van der Waals surface area contributed by atoms with Gasteiger partial charge in [-0.1, -0.05) is 6.92 Å². The molecule has 3 heterocycles. The molecular weight excluding hydrogens is 212 g/mol. The highest BCUT2D eigenvalue weighted by atomic mass is 15.2. The predicted molar refractivity (Wildman–Crippen MR) is 69.2 cm³/mol. The van der Waals surface area contributed by atoms with E-state index in [2.05, 4.69) is 32.8 Å². The van der Waals surface area contributed by atoms with Gasteiger partial charge < -0.3 is 9.88 Å². The number of hydrogen-bond acceptors (Lipinski definition) is 3. The van der Waals surface area contributed by atoms with Crippen LogP contribution in [0.5, 0.6) is 0 Å². The predicted octanol–water partition coefficient (Wildman–Crippen LogP) is 2.73. The SMILES string of the molecule is CCC1CCCCN1c1ncnc2[nH]ccc12. The Labute approximate surface area is 101 Å². The lowest BCUT2D eigenvalue weighted by molar-refractivity contribution is 0.448. The zero-order valence-corrected chi connectivity index (χ0v) is 10.2. The van der Waals surface area contributed by atoms with Crippen molar-refractivity contribution in [2.45, 2.75) is 38.6 Å². The molecule has 4 heteroatoms. The first-order valence-corrected chi connectivity index (χ1v) is 6.45. The summed E-state index contributed by atoms with van der Waals surface area (Å²) in [6.07, 6.45) is 8.69. The molecule has 0 bridgehead atoms. The molecule has 2 aromatic heterocycles. The maximum Gasteiger partial charge on any atom is 0.142 e. The molecule has 0 radical (unpaired) electrons. The number of nitrogens with zero attached hydrogens (tertiary/aromatic N) is 3. The number of hydrogen-bond donors (Lipinski definition) is 1. The van der Waals surface area contributed by atoms with E-state index >= 15 is 0 Å². The van der Waals surface area contributed by atoms with E-state index in [0.717, 1.165) is 23.4 Å². The monoisotopic (exact) mass is 230 g/mol. The van der Waals surface area contributed by atoms with Crippen molar-refractivity contribution in [3.63, 3.8) is 0 Å². The first-order valence-electron chi connectivity index (χ1n) is 6.45. The zero-order valence-electron chi connectivity index (χ0n) is 10.2. The molecule has 1 N–H and O–H groups in total. The number of aromatic amines is 1. The normalized spacial score (nSPS) is 21.0. The quantitative estimate of drug-likeness (QED) is 0.862. The van der Waals surface area contributed by atoms with Gasteiger partial charge in [0.15, 0.2) is 0 Å². The Kier molecular flexibility index (Phi) is 2.71. The molecule has 0 aliphatic carbocycles. The summed E-state index contributed by atoms with van der Waals surface area (Å²) in [5.41, 5.74) is 0.940. The standard InChI is InChI=1S/C13H18N4/c1-2-10-5-3-4-8-17(10)13-11-6-7-14-12(11)15-9-16-13/h6-7,9-10H,2-5,8H2,1H3,(H,14,15,16). The molecule has 0 amide bonds. The van der Waals surface area contributed by atoms with Crippen LogP contribution in [0.15, 0.2) is 18.6 Å². The zero-order chi connectivity index (χ0) is 11.7. The van der Waals surface area contributed by atoms with Gasteiger partial charge in [0.25, 0.3) is 0 Å². The van der Waals surface area contributed by atoms with Crippen molar-refractivity contribution >= 4 is 16.9 Å². The minimum atomic E-state index is 0.636. The molecule has 90 valence electrons. The van der Waals surface area contributed by atoms with Crippen molar-refractivity contribution < 1.29 is 0 Å². The molecule has 0 spiro atoms. The molecule has 1 aliphatic heterocycles. The van der Waals surface area contributed by atoms with Gasteiger partial charge in [0.05, 0.1) is 5.39 Å². The number of nitrogens with one attached hydrogen (secondary N) is 1. The highest BCUT2D eigenvalue weighted by Gasteiger charge is 2.23. The Hall–Kier alpha value is -1.58. The van der Waals surface area contributed by atoms with Gasteiger partial charge in [-0.15, -0.1) is 0 Å². The summed E-state index contributed by atoms with van der Waals surface area (Å²) in [5, 5.41) is 1.15. The molecule has 17 heavy (non-hydrogen) atoms. The summed E-state index contributed by atoms with van der Waals surface area (Å²) >= 11 is 0. The van der Waals surface area contributed by atoms with E-state index in [9.17, 15) is 0 Å². The van der Waals surface area contributed by atoms with Crippen LogP contribution >= 0.6 is 0 Å². The average Bonchev–Trinajstić information content (AvgIpc) is 2.86. The highest BCUT2D eigenvalue weighted by Crippen LogP contribution is 2.29. The maximum atomic E-state index is 4.50. The molecule has 1 fully saturated rings. The minimum absolute atomic E-state index is 0.636. The largest absolute Gasteiger partial charge is 0.353 e. The molecule has 1 aliphatic rings. The summed E-state index contributed by atoms with van der Waals surface area (Å²) in [5.74, 6) is 1.10. The number of fused-ring (bicyclic) bond motifs is 1. The highest BCUT2D eigenvalue weighted by molar-refractivity contribution is 5.87. The van der Waals surface area contributed by atoms with Crippen LogP contribution in [-0.4, -0.2) is 27.5 Å². The number of anilines is 1. The third kappa shape index (κ3) is 1.77. The molecule has 3 rings (SSSR count). The van der Waals surface area contributed by atoms with E-state index in [4.69, 9.17) is 0 Å². The van der Waals surface area contributed by atoms with Crippen LogP contribution in [0.4, 0.5) is 5.82 Å². The summed E-state index contributed by atoms with van der Waals surface area (Å²) in [6.45, 7) is 3.38. The average molecular weight is 230 g/mol. The molecule has 2 aromatic rings. The van der Waals surface area contributed by atoms with Crippen LogP contribution in [0, 0.1) is 0 Å². The second kappa shape index (κ2) is 4.35. The van der Waals surface area contributed by atoms with Gasteiger partial charge in [0.2, 0.25) is 0 Å². The van der Waals surface area contributed by atoms with Crippen LogP contribution in [0.3, 0.4) is 0 Å². The number of piperidine rings is 1. The maximum absolute atomic E-state index is 4.50. The van der Waals surface area contributed by atoms with E-state index in [1.807, 2.05) is 6.20 Å². The smallest absolute Gasteiger partial charge is 0.142 e. The van der Waals surface area contributed by atoms with Crippen LogP contribution in [0.25, 0.3) is 11.0 Å². The minimum Gasteiger partial charge on any atom is -0.353 e. The third-order valence-corrected chi connectivity index (χ3v) is 3.70. The lowest BCUT2D eigenvalue weighted by Gasteiger charge is -2.36. The van der Waals surface area contributed by atoms with Crippen molar-refractivity contribution in [1.29, 1.82) is 0 Å². The van der Waals surface area contributed by atoms with Gasteiger partial charge >= 0.3 is 0 Å². The Morgan fingerprint density at radius 3 is 3.24 bits per heavy atom. The van der Waals surface area contributed by atoms with Gasteiger partial charge in [0.1, 0.15) is 17.8 Å². The van der Waals surface area contributed by atoms with Crippen molar-refractivity contribution in [2.24, 2.45) is 0 Å². The molecule has 0 aromatic carbocycles. The lowest BCUT2D eigenvalue weighted by Crippen LogP contribution is -2.39. The van der Waals surface area contributed by atoms with Crippen molar-refractivity contribution in [3.8, 4) is 0 Å². The number of rotatable bonds is 2. The van der Waals surface area contributed by atoms with Crippen molar-refractivity contribution in [2.75, 3.05) is 11.4 Å². The Balaban J connectivity index is 2.04. The Morgan fingerprint density at radius 1 is 1.41 bits per heavy atom. The fourth-order valence-corrected chi connectivity index (χ4v) is 2.79. The lowest BCUT2D eigenvalue weighted by atomic mass is 10.00. The molecule has 1 saturated heterocycles. The van der Waals surface area contributed by atoms with Gasteiger partial charge in [0, 0.05) is 18.8 Å². The number of H-pyrrole nitrogens is 1. The first-order chi connectivity index (χ1) is 8.40. The van der Waals surface area contributed by atoms with Crippen LogP contribution in [-0.2, 0) is 0 Å². The van der Waals surface area contributed by atoms with Crippen molar-refractivity contribution in [1.82, 2.24) is 15.0 Å². The fraction of sp³-hybridized carbons (Fsp3) is 0.538. The van der Waals surface area contributed by atoms with E-state index in [0.29, 0.717) is 6.04 Å². The molecule has 1 atom stereocenters. The fourth-order valence-electron chi connectivity index (χ4n) is 2.79. The summed E-state index contributed by atoms with van der Waals surface area (Å²) < 4.78 is 0. The van der Waals surface area contributed by atoms with E-state index in [-0.39, 0.29) is 0 Å². The van der Waals surface area contributed by atoms with Gasteiger partial charge in [-0.3, -0.25) is 0 Å². The van der Waals surface area contributed by atoms with E-state index in [1.165, 1.54) is 25.7 Å². The Bertz CT molecular complexity index is 505. The second-order valence-electron chi connectivity index (χ2n) is 4.69. The second-order valence-corrected chi connectivity index (χ2v) is 4.69. The number of aromatic nitrogens is 3. The molecule has 1 unspecified atom stereocenters. The van der Waals surface area contributed by atoms with Gasteiger partial charge in [-0.25, -0.2) is 9.97 Å². The molecule has 0 saturated carbocycles. The summed E-state index contributed by atoms with van der Waals surface area (Å²) in [4.78, 5) is 14.4.